The van der Waals surface area contributed by atoms with Gasteiger partial charge in [0, 0.05) is 29.4 Å². The van der Waals surface area contributed by atoms with E-state index in [-0.39, 0.29) is 5.91 Å². The summed E-state index contributed by atoms with van der Waals surface area (Å²) >= 11 is 6.02. The molecule has 2 N–H and O–H groups in total. The molecule has 0 heterocycles. The van der Waals surface area contributed by atoms with Crippen molar-refractivity contribution in [2.24, 2.45) is 0 Å². The lowest BCUT2D eigenvalue weighted by Gasteiger charge is -2.10. The van der Waals surface area contributed by atoms with Crippen LogP contribution in [0.15, 0.2) is 48.5 Å². The van der Waals surface area contributed by atoms with Gasteiger partial charge in [0.25, 0.3) is 0 Å². The van der Waals surface area contributed by atoms with Gasteiger partial charge in [-0.1, -0.05) is 35.9 Å². The van der Waals surface area contributed by atoms with Crippen molar-refractivity contribution in [2.45, 2.75) is 13.3 Å². The molecule has 0 bridgehead atoms. The Labute approximate surface area is 124 Å². The highest BCUT2D eigenvalue weighted by atomic mass is 35.5. The number of anilines is 2. The Morgan fingerprint density at radius 2 is 1.85 bits per heavy atom. The summed E-state index contributed by atoms with van der Waals surface area (Å²) in [6.07, 6.45) is 0.404. The third-order valence-corrected chi connectivity index (χ3v) is 3.41. The first-order valence-electron chi connectivity index (χ1n) is 6.50. The Morgan fingerprint density at radius 1 is 1.10 bits per heavy atom. The van der Waals surface area contributed by atoms with E-state index in [0.29, 0.717) is 18.0 Å². The van der Waals surface area contributed by atoms with Crippen molar-refractivity contribution in [3.05, 3.63) is 59.1 Å². The Balaban J connectivity index is 1.82. The SMILES string of the molecule is Cc1c(Cl)cccc1NC(=O)CCNc1ccccc1. The molecular formula is C16H17ClN2O. The minimum atomic E-state index is -0.0289. The molecule has 2 aromatic rings. The van der Waals surface area contributed by atoms with E-state index in [9.17, 15) is 4.79 Å². The minimum absolute atomic E-state index is 0.0289. The van der Waals surface area contributed by atoms with Crippen molar-refractivity contribution >= 4 is 28.9 Å². The van der Waals surface area contributed by atoms with E-state index in [1.54, 1.807) is 0 Å². The average molecular weight is 289 g/mol. The minimum Gasteiger partial charge on any atom is -0.385 e. The number of nitrogens with one attached hydrogen (secondary N) is 2. The lowest BCUT2D eigenvalue weighted by Crippen LogP contribution is -2.16. The molecule has 0 aliphatic rings. The summed E-state index contributed by atoms with van der Waals surface area (Å²) in [5.74, 6) is -0.0289. The first-order valence-corrected chi connectivity index (χ1v) is 6.88. The van der Waals surface area contributed by atoms with E-state index in [2.05, 4.69) is 10.6 Å². The van der Waals surface area contributed by atoms with Gasteiger partial charge < -0.3 is 10.6 Å². The van der Waals surface area contributed by atoms with Crippen molar-refractivity contribution in [3.63, 3.8) is 0 Å². The zero-order chi connectivity index (χ0) is 14.4. The van der Waals surface area contributed by atoms with Crippen molar-refractivity contribution in [2.75, 3.05) is 17.2 Å². The topological polar surface area (TPSA) is 41.1 Å². The van der Waals surface area contributed by atoms with Crippen LogP contribution in [-0.4, -0.2) is 12.5 Å². The van der Waals surface area contributed by atoms with Crippen LogP contribution in [0.3, 0.4) is 0 Å². The van der Waals surface area contributed by atoms with Gasteiger partial charge in [0.15, 0.2) is 0 Å². The number of halogens is 1. The molecule has 0 aliphatic carbocycles. The summed E-state index contributed by atoms with van der Waals surface area (Å²) in [5, 5.41) is 6.73. The molecule has 0 aliphatic heterocycles. The Bertz CT molecular complexity index is 584. The smallest absolute Gasteiger partial charge is 0.226 e. The van der Waals surface area contributed by atoms with Crippen molar-refractivity contribution < 1.29 is 4.79 Å². The number of benzene rings is 2. The van der Waals surface area contributed by atoms with Gasteiger partial charge in [0.2, 0.25) is 5.91 Å². The van der Waals surface area contributed by atoms with Crippen LogP contribution in [0.4, 0.5) is 11.4 Å². The largest absolute Gasteiger partial charge is 0.385 e. The molecule has 2 aromatic carbocycles. The van der Waals surface area contributed by atoms with Gasteiger partial charge >= 0.3 is 0 Å². The summed E-state index contributed by atoms with van der Waals surface area (Å²) in [7, 11) is 0. The third-order valence-electron chi connectivity index (χ3n) is 3.00. The number of hydrogen-bond acceptors (Lipinski definition) is 2. The zero-order valence-electron chi connectivity index (χ0n) is 11.3. The summed E-state index contributed by atoms with van der Waals surface area (Å²) < 4.78 is 0. The average Bonchev–Trinajstić information content (AvgIpc) is 2.45. The summed E-state index contributed by atoms with van der Waals surface area (Å²) in [6.45, 7) is 2.48. The van der Waals surface area contributed by atoms with Gasteiger partial charge in [-0.2, -0.15) is 0 Å². The molecule has 3 nitrogen and oxygen atoms in total. The van der Waals surface area contributed by atoms with E-state index < -0.39 is 0 Å². The second kappa shape index (κ2) is 6.96. The van der Waals surface area contributed by atoms with Crippen LogP contribution in [0, 0.1) is 6.92 Å². The molecule has 1 amide bonds. The van der Waals surface area contributed by atoms with Crippen LogP contribution in [-0.2, 0) is 4.79 Å². The van der Waals surface area contributed by atoms with Gasteiger partial charge in [0.05, 0.1) is 0 Å². The molecular weight excluding hydrogens is 272 g/mol. The van der Waals surface area contributed by atoms with Crippen LogP contribution in [0.2, 0.25) is 5.02 Å². The highest BCUT2D eigenvalue weighted by molar-refractivity contribution is 6.31. The Kier molecular flexibility index (Phi) is 5.02. The Hall–Kier alpha value is -2.00. The van der Waals surface area contributed by atoms with E-state index in [4.69, 9.17) is 11.6 Å². The fourth-order valence-electron chi connectivity index (χ4n) is 1.83. The van der Waals surface area contributed by atoms with Crippen molar-refractivity contribution in [1.82, 2.24) is 0 Å². The van der Waals surface area contributed by atoms with Crippen molar-refractivity contribution in [3.8, 4) is 0 Å². The molecule has 0 spiro atoms. The number of carbonyl (C=O) groups excluding carboxylic acids is 1. The second-order valence-electron chi connectivity index (χ2n) is 4.50. The second-order valence-corrected chi connectivity index (χ2v) is 4.91. The van der Waals surface area contributed by atoms with E-state index in [1.807, 2.05) is 55.5 Å². The van der Waals surface area contributed by atoms with Crippen LogP contribution < -0.4 is 10.6 Å². The summed E-state index contributed by atoms with van der Waals surface area (Å²) in [4.78, 5) is 11.9. The number of amides is 1. The first kappa shape index (κ1) is 14.4. The highest BCUT2D eigenvalue weighted by Crippen LogP contribution is 2.22. The third kappa shape index (κ3) is 4.00. The van der Waals surface area contributed by atoms with Crippen LogP contribution in [0.1, 0.15) is 12.0 Å². The maximum atomic E-state index is 11.9. The normalized spacial score (nSPS) is 10.1. The summed E-state index contributed by atoms with van der Waals surface area (Å²) in [5.41, 5.74) is 2.67. The van der Waals surface area contributed by atoms with Crippen LogP contribution >= 0.6 is 11.6 Å². The fourth-order valence-corrected chi connectivity index (χ4v) is 2.01. The number of para-hydroxylation sites is 1. The Morgan fingerprint density at radius 3 is 2.60 bits per heavy atom. The fraction of sp³-hybridized carbons (Fsp3) is 0.188. The predicted molar refractivity (Wildman–Crippen MR) is 84.4 cm³/mol. The van der Waals surface area contributed by atoms with Gasteiger partial charge in [-0.15, -0.1) is 0 Å². The molecule has 20 heavy (non-hydrogen) atoms. The number of rotatable bonds is 5. The van der Waals surface area contributed by atoms with Gasteiger partial charge in [0.1, 0.15) is 0 Å². The van der Waals surface area contributed by atoms with E-state index in [0.717, 1.165) is 16.9 Å². The molecule has 2 rings (SSSR count). The maximum Gasteiger partial charge on any atom is 0.226 e. The molecule has 0 saturated carbocycles. The quantitative estimate of drug-likeness (QED) is 0.870. The molecule has 0 unspecified atom stereocenters. The predicted octanol–water partition coefficient (Wildman–Crippen LogP) is 4.09. The standard InChI is InChI=1S/C16H17ClN2O/c1-12-14(17)8-5-9-15(12)19-16(20)10-11-18-13-6-3-2-4-7-13/h2-9,18H,10-11H2,1H3,(H,19,20). The number of hydrogen-bond donors (Lipinski definition) is 2. The zero-order valence-corrected chi connectivity index (χ0v) is 12.1. The van der Waals surface area contributed by atoms with E-state index in [1.165, 1.54) is 0 Å². The maximum absolute atomic E-state index is 11.9. The highest BCUT2D eigenvalue weighted by Gasteiger charge is 2.06. The summed E-state index contributed by atoms with van der Waals surface area (Å²) in [6, 6.07) is 15.3. The monoisotopic (exact) mass is 288 g/mol. The lowest BCUT2D eigenvalue weighted by molar-refractivity contribution is -0.115. The molecule has 0 aromatic heterocycles. The molecule has 0 radical (unpaired) electrons. The lowest BCUT2D eigenvalue weighted by atomic mass is 10.2. The van der Waals surface area contributed by atoms with Crippen LogP contribution in [0.5, 0.6) is 0 Å². The van der Waals surface area contributed by atoms with Gasteiger partial charge in [-0.05, 0) is 36.8 Å². The van der Waals surface area contributed by atoms with Gasteiger partial charge in [-0.3, -0.25) is 4.79 Å². The molecule has 104 valence electrons. The van der Waals surface area contributed by atoms with Crippen molar-refractivity contribution in [1.29, 1.82) is 0 Å². The molecule has 0 saturated heterocycles. The van der Waals surface area contributed by atoms with E-state index >= 15 is 0 Å². The first-order chi connectivity index (χ1) is 9.66. The molecule has 0 fully saturated rings. The molecule has 0 atom stereocenters. The van der Waals surface area contributed by atoms with Gasteiger partial charge in [-0.25, -0.2) is 0 Å². The van der Waals surface area contributed by atoms with Crippen LogP contribution in [0.25, 0.3) is 0 Å². The molecule has 4 heteroatoms. The number of carbonyl (C=O) groups is 1.